The summed E-state index contributed by atoms with van der Waals surface area (Å²) >= 11 is 0. The molecule has 0 unspecified atom stereocenters. The van der Waals surface area contributed by atoms with Crippen molar-refractivity contribution >= 4 is 17.4 Å². The average molecular weight is 351 g/mol. The maximum Gasteiger partial charge on any atom is 0.262 e. The van der Waals surface area contributed by atoms with Gasteiger partial charge in [-0.3, -0.25) is 4.79 Å². The highest BCUT2D eigenvalue weighted by molar-refractivity contribution is 5.92. The molecule has 0 aliphatic carbocycles. The van der Waals surface area contributed by atoms with Crippen molar-refractivity contribution in [3.8, 4) is 5.75 Å². The Morgan fingerprint density at radius 1 is 1.00 bits per heavy atom. The molecule has 2 aromatic rings. The number of hydrogen-bond donors (Lipinski definition) is 1. The summed E-state index contributed by atoms with van der Waals surface area (Å²) in [7, 11) is 0. The van der Waals surface area contributed by atoms with Gasteiger partial charge in [-0.1, -0.05) is 12.1 Å². The molecule has 0 fully saturated rings. The number of nitrogens with one attached hydrogen (secondary N) is 1. The zero-order valence-corrected chi connectivity index (χ0v) is 13.4. The summed E-state index contributed by atoms with van der Waals surface area (Å²) in [4.78, 5) is 22.7. The molecule has 0 radical (unpaired) electrons. The van der Waals surface area contributed by atoms with E-state index in [0.29, 0.717) is 24.7 Å². The summed E-state index contributed by atoms with van der Waals surface area (Å²) in [5.41, 5.74) is 0.489. The molecule has 0 saturated carbocycles. The third kappa shape index (κ3) is 5.34. The number of aryl methyl sites for hydroxylation is 1. The predicted molar refractivity (Wildman–Crippen MR) is 85.9 cm³/mol. The lowest BCUT2D eigenvalue weighted by molar-refractivity contribution is -0.118. The Balaban J connectivity index is 1.88. The van der Waals surface area contributed by atoms with Crippen LogP contribution in [0.2, 0.25) is 0 Å². The maximum atomic E-state index is 13.5. The van der Waals surface area contributed by atoms with E-state index in [4.69, 9.17) is 4.74 Å². The van der Waals surface area contributed by atoms with E-state index in [2.05, 4.69) is 5.32 Å². The first kappa shape index (κ1) is 18.5. The van der Waals surface area contributed by atoms with Crippen molar-refractivity contribution in [3.05, 3.63) is 59.4 Å². The number of rotatable bonds is 7. The SMILES string of the molecule is CC(=O)CCc1ccc(OCC(=O)Nc2ccc(F)c(F)c2F)cc1. The van der Waals surface area contributed by atoms with E-state index >= 15 is 0 Å². The Hall–Kier alpha value is -2.83. The summed E-state index contributed by atoms with van der Waals surface area (Å²) in [5, 5.41) is 2.11. The van der Waals surface area contributed by atoms with Crippen LogP contribution < -0.4 is 10.1 Å². The predicted octanol–water partition coefficient (Wildman–Crippen LogP) is 3.64. The number of amides is 1. The van der Waals surface area contributed by atoms with Gasteiger partial charge in [0.2, 0.25) is 0 Å². The van der Waals surface area contributed by atoms with Crippen LogP contribution in [0.4, 0.5) is 18.9 Å². The standard InChI is InChI=1S/C18H16F3NO3/c1-11(23)2-3-12-4-6-13(7-5-12)25-10-16(24)22-15-9-8-14(19)17(20)18(15)21/h4-9H,2-3,10H2,1H3,(H,22,24). The fourth-order valence-electron chi connectivity index (χ4n) is 2.03. The van der Waals surface area contributed by atoms with Gasteiger partial charge in [-0.05, 0) is 43.2 Å². The molecule has 2 rings (SSSR count). The second-order valence-electron chi connectivity index (χ2n) is 5.41. The molecule has 0 aliphatic heterocycles. The first-order valence-electron chi connectivity index (χ1n) is 7.51. The van der Waals surface area contributed by atoms with Gasteiger partial charge in [0.1, 0.15) is 11.5 Å². The third-order valence-electron chi connectivity index (χ3n) is 3.37. The van der Waals surface area contributed by atoms with Crippen LogP contribution in [0.3, 0.4) is 0 Å². The minimum Gasteiger partial charge on any atom is -0.484 e. The topological polar surface area (TPSA) is 55.4 Å². The number of halogens is 3. The van der Waals surface area contributed by atoms with Crippen LogP contribution in [-0.2, 0) is 16.0 Å². The quantitative estimate of drug-likeness (QED) is 0.775. The van der Waals surface area contributed by atoms with Gasteiger partial charge in [-0.15, -0.1) is 0 Å². The van der Waals surface area contributed by atoms with E-state index in [1.165, 1.54) is 6.92 Å². The smallest absolute Gasteiger partial charge is 0.262 e. The lowest BCUT2D eigenvalue weighted by atomic mass is 10.1. The first-order chi connectivity index (χ1) is 11.9. The van der Waals surface area contributed by atoms with Crippen LogP contribution in [0, 0.1) is 17.5 Å². The van der Waals surface area contributed by atoms with E-state index in [0.717, 1.165) is 11.6 Å². The van der Waals surface area contributed by atoms with Gasteiger partial charge in [0.25, 0.3) is 5.91 Å². The van der Waals surface area contributed by atoms with E-state index in [1.54, 1.807) is 24.3 Å². The van der Waals surface area contributed by atoms with Crippen molar-refractivity contribution in [2.75, 3.05) is 11.9 Å². The van der Waals surface area contributed by atoms with Crippen LogP contribution in [0.25, 0.3) is 0 Å². The maximum absolute atomic E-state index is 13.5. The van der Waals surface area contributed by atoms with Crippen LogP contribution in [0.15, 0.2) is 36.4 Å². The van der Waals surface area contributed by atoms with Crippen molar-refractivity contribution in [1.29, 1.82) is 0 Å². The number of carbonyl (C=O) groups excluding carboxylic acids is 2. The number of hydrogen-bond acceptors (Lipinski definition) is 3. The molecule has 7 heteroatoms. The van der Waals surface area contributed by atoms with Crippen LogP contribution in [-0.4, -0.2) is 18.3 Å². The van der Waals surface area contributed by atoms with Gasteiger partial charge in [-0.25, -0.2) is 13.2 Å². The first-order valence-corrected chi connectivity index (χ1v) is 7.51. The van der Waals surface area contributed by atoms with Crippen molar-refractivity contribution in [3.63, 3.8) is 0 Å². The number of benzene rings is 2. The summed E-state index contributed by atoms with van der Waals surface area (Å²) in [5.74, 6) is -4.67. The Kier molecular flexibility index (Phi) is 6.16. The van der Waals surface area contributed by atoms with Crippen LogP contribution in [0.5, 0.6) is 5.75 Å². The molecule has 25 heavy (non-hydrogen) atoms. The monoisotopic (exact) mass is 351 g/mol. The van der Waals surface area contributed by atoms with Crippen molar-refractivity contribution in [2.24, 2.45) is 0 Å². The van der Waals surface area contributed by atoms with Gasteiger partial charge in [-0.2, -0.15) is 0 Å². The van der Waals surface area contributed by atoms with Gasteiger partial charge in [0, 0.05) is 6.42 Å². The van der Waals surface area contributed by atoms with Gasteiger partial charge < -0.3 is 14.8 Å². The second kappa shape index (κ2) is 8.32. The number of carbonyl (C=O) groups is 2. The van der Waals surface area contributed by atoms with Gasteiger partial charge in [0.05, 0.1) is 5.69 Å². The summed E-state index contributed by atoms with van der Waals surface area (Å²) in [6.07, 6.45) is 1.06. The average Bonchev–Trinajstić information content (AvgIpc) is 2.59. The molecule has 1 amide bonds. The lowest BCUT2D eigenvalue weighted by Crippen LogP contribution is -2.21. The van der Waals surface area contributed by atoms with Crippen molar-refractivity contribution in [2.45, 2.75) is 19.8 Å². The zero-order chi connectivity index (χ0) is 18.4. The highest BCUT2D eigenvalue weighted by Crippen LogP contribution is 2.19. The molecular weight excluding hydrogens is 335 g/mol. The second-order valence-corrected chi connectivity index (χ2v) is 5.41. The molecule has 0 bridgehead atoms. The van der Waals surface area contributed by atoms with E-state index in [1.807, 2.05) is 0 Å². The molecule has 0 spiro atoms. The van der Waals surface area contributed by atoms with E-state index < -0.39 is 35.7 Å². The van der Waals surface area contributed by atoms with Gasteiger partial charge >= 0.3 is 0 Å². The summed E-state index contributed by atoms with van der Waals surface area (Å²) in [6, 6.07) is 8.46. The minimum absolute atomic E-state index is 0.0986. The highest BCUT2D eigenvalue weighted by atomic mass is 19.2. The Bertz CT molecular complexity index is 776. The number of anilines is 1. The number of ketones is 1. The molecule has 0 aliphatic rings. The number of Topliss-reactive ketones (excluding diaryl/α,β-unsaturated/α-hetero) is 1. The third-order valence-corrected chi connectivity index (χ3v) is 3.37. The molecule has 0 saturated heterocycles. The zero-order valence-electron chi connectivity index (χ0n) is 13.4. The summed E-state index contributed by atoms with van der Waals surface area (Å²) in [6.45, 7) is 1.09. The summed E-state index contributed by atoms with van der Waals surface area (Å²) < 4.78 is 44.6. The highest BCUT2D eigenvalue weighted by Gasteiger charge is 2.15. The molecule has 132 valence electrons. The molecule has 0 aromatic heterocycles. The number of ether oxygens (including phenoxy) is 1. The Morgan fingerprint density at radius 3 is 2.32 bits per heavy atom. The fraction of sp³-hybridized carbons (Fsp3) is 0.222. The van der Waals surface area contributed by atoms with Crippen molar-refractivity contribution in [1.82, 2.24) is 0 Å². The van der Waals surface area contributed by atoms with Gasteiger partial charge in [0.15, 0.2) is 24.1 Å². The molecule has 0 heterocycles. The minimum atomic E-state index is -1.65. The molecular formula is C18H16F3NO3. The molecule has 0 atom stereocenters. The molecule has 2 aromatic carbocycles. The van der Waals surface area contributed by atoms with Crippen LogP contribution >= 0.6 is 0 Å². The largest absolute Gasteiger partial charge is 0.484 e. The van der Waals surface area contributed by atoms with Crippen LogP contribution in [0.1, 0.15) is 18.9 Å². The molecule has 1 N–H and O–H groups in total. The Morgan fingerprint density at radius 2 is 1.68 bits per heavy atom. The Labute approximate surface area is 142 Å². The van der Waals surface area contributed by atoms with E-state index in [9.17, 15) is 22.8 Å². The van der Waals surface area contributed by atoms with E-state index in [-0.39, 0.29) is 5.78 Å². The fourth-order valence-corrected chi connectivity index (χ4v) is 2.03. The normalized spacial score (nSPS) is 10.4. The van der Waals surface area contributed by atoms with Crippen molar-refractivity contribution < 1.29 is 27.5 Å². The lowest BCUT2D eigenvalue weighted by Gasteiger charge is -2.09. The molecule has 4 nitrogen and oxygen atoms in total.